The molecule has 0 aliphatic carbocycles. The fraction of sp³-hybridized carbons (Fsp3) is 0.0645. The summed E-state index contributed by atoms with van der Waals surface area (Å²) >= 11 is 3.52. The van der Waals surface area contributed by atoms with Gasteiger partial charge in [0.2, 0.25) is 6.79 Å². The highest BCUT2D eigenvalue weighted by molar-refractivity contribution is 9.10. The summed E-state index contributed by atoms with van der Waals surface area (Å²) in [4.78, 5) is 29.1. The molecule has 0 saturated carbocycles. The molecule has 1 amide bonds. The molecule has 0 bridgehead atoms. The molecule has 1 aliphatic rings. The van der Waals surface area contributed by atoms with E-state index >= 15 is 0 Å². The Hall–Kier alpha value is -5.09. The second kappa shape index (κ2) is 11.2. The Kier molecular flexibility index (Phi) is 7.13. The van der Waals surface area contributed by atoms with Crippen LogP contribution in [-0.2, 0) is 0 Å². The fourth-order valence-electron chi connectivity index (χ4n) is 4.49. The van der Waals surface area contributed by atoms with Gasteiger partial charge in [0.25, 0.3) is 5.91 Å². The van der Waals surface area contributed by atoms with Gasteiger partial charge < -0.3 is 23.9 Å². The number of hydrazone groups is 1. The monoisotopic (exact) mass is 611 g/mol. The van der Waals surface area contributed by atoms with Gasteiger partial charge in [-0.25, -0.2) is 10.2 Å². The number of ether oxygens (including phenoxy) is 4. The summed E-state index contributed by atoms with van der Waals surface area (Å²) in [6, 6.07) is 25.2. The van der Waals surface area contributed by atoms with E-state index in [2.05, 4.69) is 31.4 Å². The summed E-state index contributed by atoms with van der Waals surface area (Å²) in [5, 5.41) is 5.06. The minimum absolute atomic E-state index is 0.110. The number of carbonyl (C=O) groups is 2. The molecular weight excluding hydrogens is 590 g/mol. The van der Waals surface area contributed by atoms with Crippen LogP contribution in [0.15, 0.2) is 94.5 Å². The number of carbonyl (C=O) groups excluding carboxylic acids is 2. The topological polar surface area (TPSA) is 111 Å². The maximum Gasteiger partial charge on any atom is 0.343 e. The van der Waals surface area contributed by atoms with Crippen LogP contribution in [0, 0.1) is 0 Å². The second-order valence-electron chi connectivity index (χ2n) is 9.00. The van der Waals surface area contributed by atoms with Crippen LogP contribution in [0.1, 0.15) is 26.4 Å². The van der Waals surface area contributed by atoms with Gasteiger partial charge in [-0.05, 0) is 65.7 Å². The Balaban J connectivity index is 1.19. The van der Waals surface area contributed by atoms with Crippen molar-refractivity contribution in [1.82, 2.24) is 10.4 Å². The number of halogens is 1. The number of esters is 1. The van der Waals surface area contributed by atoms with Gasteiger partial charge in [0.15, 0.2) is 23.0 Å². The van der Waals surface area contributed by atoms with Crippen molar-refractivity contribution in [2.24, 2.45) is 5.10 Å². The first kappa shape index (κ1) is 26.1. The smallest absolute Gasteiger partial charge is 0.343 e. The molecule has 4 aromatic carbocycles. The number of rotatable bonds is 7. The molecule has 0 spiro atoms. The highest BCUT2D eigenvalue weighted by Crippen LogP contribution is 2.35. The molecule has 41 heavy (non-hydrogen) atoms. The third kappa shape index (κ3) is 5.37. The Bertz CT molecular complexity index is 1820. The first-order chi connectivity index (χ1) is 20.0. The number of nitrogens with one attached hydrogen (secondary N) is 2. The van der Waals surface area contributed by atoms with Gasteiger partial charge in [0, 0.05) is 20.9 Å². The van der Waals surface area contributed by atoms with Crippen LogP contribution in [0.3, 0.4) is 0 Å². The summed E-state index contributed by atoms with van der Waals surface area (Å²) in [6.07, 6.45) is 1.48. The van der Waals surface area contributed by atoms with E-state index < -0.39 is 11.9 Å². The van der Waals surface area contributed by atoms with E-state index in [1.165, 1.54) is 13.3 Å². The van der Waals surface area contributed by atoms with Crippen molar-refractivity contribution in [3.8, 4) is 34.1 Å². The van der Waals surface area contributed by atoms with E-state index in [1.807, 2.05) is 48.5 Å². The van der Waals surface area contributed by atoms with E-state index in [9.17, 15) is 9.59 Å². The summed E-state index contributed by atoms with van der Waals surface area (Å²) in [5.74, 6) is 0.638. The first-order valence-electron chi connectivity index (χ1n) is 12.5. The van der Waals surface area contributed by atoms with Gasteiger partial charge in [-0.2, -0.15) is 5.10 Å². The number of hydrogen-bond donors (Lipinski definition) is 2. The molecule has 1 aliphatic heterocycles. The number of methoxy groups -OCH3 is 1. The van der Waals surface area contributed by atoms with Crippen LogP contribution in [0.25, 0.3) is 22.0 Å². The molecule has 6 rings (SSSR count). The molecule has 9 nitrogen and oxygen atoms in total. The number of aromatic nitrogens is 1. The third-order valence-electron chi connectivity index (χ3n) is 6.43. The minimum Gasteiger partial charge on any atom is -0.493 e. The molecule has 0 saturated heterocycles. The molecule has 0 fully saturated rings. The number of H-pyrrole nitrogens is 1. The maximum atomic E-state index is 13.2. The first-order valence-corrected chi connectivity index (χ1v) is 13.3. The molecule has 1 aromatic heterocycles. The van der Waals surface area contributed by atoms with Crippen molar-refractivity contribution in [1.29, 1.82) is 0 Å². The van der Waals surface area contributed by atoms with E-state index in [0.717, 1.165) is 26.5 Å². The molecule has 5 aromatic rings. The van der Waals surface area contributed by atoms with Crippen molar-refractivity contribution in [3.05, 3.63) is 106 Å². The largest absolute Gasteiger partial charge is 0.493 e. The van der Waals surface area contributed by atoms with Crippen LogP contribution in [0.4, 0.5) is 0 Å². The average molecular weight is 612 g/mol. The lowest BCUT2D eigenvalue weighted by Gasteiger charge is -2.10. The Morgan fingerprint density at radius 3 is 2.61 bits per heavy atom. The van der Waals surface area contributed by atoms with Crippen LogP contribution >= 0.6 is 15.9 Å². The zero-order chi connectivity index (χ0) is 28.3. The van der Waals surface area contributed by atoms with E-state index in [0.29, 0.717) is 34.1 Å². The van der Waals surface area contributed by atoms with Gasteiger partial charge in [0.05, 0.1) is 18.9 Å². The second-order valence-corrected chi connectivity index (χ2v) is 9.91. The van der Waals surface area contributed by atoms with Gasteiger partial charge in [-0.15, -0.1) is 0 Å². The van der Waals surface area contributed by atoms with Crippen molar-refractivity contribution < 1.29 is 28.5 Å². The van der Waals surface area contributed by atoms with Crippen LogP contribution in [-0.4, -0.2) is 37.0 Å². The SMILES string of the molecule is COc1cc(C=NNC(=O)c2[nH]c3ccc(Br)cc3c2-c2ccccc2)ccc1OC(=O)c1ccc2c(c1)OCO2. The van der Waals surface area contributed by atoms with E-state index in [4.69, 9.17) is 18.9 Å². The van der Waals surface area contributed by atoms with Crippen molar-refractivity contribution in [2.75, 3.05) is 13.9 Å². The van der Waals surface area contributed by atoms with Crippen molar-refractivity contribution in [2.45, 2.75) is 0 Å². The van der Waals surface area contributed by atoms with E-state index in [-0.39, 0.29) is 12.5 Å². The van der Waals surface area contributed by atoms with Crippen LogP contribution in [0.2, 0.25) is 0 Å². The summed E-state index contributed by atoms with van der Waals surface area (Å²) in [5.41, 5.74) is 6.44. The lowest BCUT2D eigenvalue weighted by molar-refractivity contribution is 0.0729. The number of benzene rings is 4. The third-order valence-corrected chi connectivity index (χ3v) is 6.92. The fourth-order valence-corrected chi connectivity index (χ4v) is 4.85. The normalized spacial score (nSPS) is 12.0. The average Bonchev–Trinajstić information content (AvgIpc) is 3.62. The van der Waals surface area contributed by atoms with Gasteiger partial charge >= 0.3 is 5.97 Å². The highest BCUT2D eigenvalue weighted by Gasteiger charge is 2.20. The standard InChI is InChI=1S/C31H22BrN3O6/c1-38-26-13-18(7-11-25(26)41-31(37)20-8-12-24-27(14-20)40-17-39-24)16-33-35-30(36)29-28(19-5-3-2-4-6-19)22-15-21(32)9-10-23(22)34-29/h2-16,34H,17H2,1H3,(H,35,36). The van der Waals surface area contributed by atoms with Gasteiger partial charge in [-0.1, -0.05) is 46.3 Å². The molecule has 0 atom stereocenters. The predicted molar refractivity (Wildman–Crippen MR) is 157 cm³/mol. The summed E-state index contributed by atoms with van der Waals surface area (Å²) in [7, 11) is 1.47. The zero-order valence-electron chi connectivity index (χ0n) is 21.6. The molecule has 0 unspecified atom stereocenters. The summed E-state index contributed by atoms with van der Waals surface area (Å²) in [6.45, 7) is 0.110. The van der Waals surface area contributed by atoms with Crippen LogP contribution < -0.4 is 24.4 Å². The molecule has 204 valence electrons. The predicted octanol–water partition coefficient (Wildman–Crippen LogP) is 6.32. The highest BCUT2D eigenvalue weighted by atomic mass is 79.9. The number of hydrogen-bond acceptors (Lipinski definition) is 7. The quantitative estimate of drug-likeness (QED) is 0.0964. The van der Waals surface area contributed by atoms with Gasteiger partial charge in [0.1, 0.15) is 5.69 Å². The van der Waals surface area contributed by atoms with Crippen molar-refractivity contribution in [3.63, 3.8) is 0 Å². The number of aromatic amines is 1. The minimum atomic E-state index is -0.574. The molecule has 2 N–H and O–H groups in total. The lowest BCUT2D eigenvalue weighted by atomic mass is 10.0. The Morgan fingerprint density at radius 1 is 0.951 bits per heavy atom. The number of nitrogens with zero attached hydrogens (tertiary/aromatic N) is 1. The van der Waals surface area contributed by atoms with E-state index in [1.54, 1.807) is 36.4 Å². The lowest BCUT2D eigenvalue weighted by Crippen LogP contribution is -2.18. The zero-order valence-corrected chi connectivity index (χ0v) is 23.2. The molecule has 10 heteroatoms. The molecular formula is C31H22BrN3O6. The maximum absolute atomic E-state index is 13.2. The Labute approximate surface area is 242 Å². The number of amides is 1. The van der Waals surface area contributed by atoms with Crippen LogP contribution in [0.5, 0.6) is 23.0 Å². The Morgan fingerprint density at radius 2 is 1.78 bits per heavy atom. The van der Waals surface area contributed by atoms with Gasteiger partial charge in [-0.3, -0.25) is 4.79 Å². The molecule has 2 heterocycles. The number of fused-ring (bicyclic) bond motifs is 2. The summed E-state index contributed by atoms with van der Waals surface area (Å²) < 4.78 is 22.5. The van der Waals surface area contributed by atoms with Crippen molar-refractivity contribution >= 4 is 44.9 Å². The molecule has 0 radical (unpaired) electrons.